The molecular weight excluding hydrogens is 286 g/mol. The highest BCUT2D eigenvalue weighted by atomic mass is 16.6. The predicted molar refractivity (Wildman–Crippen MR) is 95.9 cm³/mol. The molecule has 2 aromatic carbocycles. The van der Waals surface area contributed by atoms with Crippen molar-refractivity contribution < 1.29 is 14.3 Å². The number of aryl methyl sites for hydroxylation is 2. The average molecular weight is 306 g/mol. The van der Waals surface area contributed by atoms with E-state index in [-0.39, 0.29) is 14.6 Å². The van der Waals surface area contributed by atoms with Gasteiger partial charge in [-0.05, 0) is 26.5 Å². The lowest BCUT2D eigenvalue weighted by Gasteiger charge is -2.03. The number of rotatable bonds is 6. The lowest BCUT2D eigenvalue weighted by atomic mass is 9.70. The maximum absolute atomic E-state index is 11.7. The van der Waals surface area contributed by atoms with Gasteiger partial charge in [0.2, 0.25) is 0 Å². The molecule has 0 radical (unpaired) electrons. The maximum atomic E-state index is 11.7. The average Bonchev–Trinajstić information content (AvgIpc) is 2.54. The Kier molecular flexibility index (Phi) is 6.21. The van der Waals surface area contributed by atoms with E-state index in [9.17, 15) is 9.59 Å². The Morgan fingerprint density at radius 1 is 0.739 bits per heavy atom. The third-order valence-corrected chi connectivity index (χ3v) is 3.70. The van der Waals surface area contributed by atoms with Crippen molar-refractivity contribution >= 4 is 26.3 Å². The van der Waals surface area contributed by atoms with Crippen LogP contribution in [0.2, 0.25) is 0 Å². The monoisotopic (exact) mass is 306 g/mol. The molecule has 0 fully saturated rings. The van der Waals surface area contributed by atoms with Crippen LogP contribution in [0.15, 0.2) is 48.5 Å². The molecule has 0 saturated carbocycles. The van der Waals surface area contributed by atoms with Gasteiger partial charge in [0.15, 0.2) is 0 Å². The van der Waals surface area contributed by atoms with Crippen LogP contribution >= 0.6 is 0 Å². The Labute approximate surface area is 138 Å². The lowest BCUT2D eigenvalue weighted by molar-refractivity contribution is 0.183. The van der Waals surface area contributed by atoms with Gasteiger partial charge in [-0.15, -0.1) is 0 Å². The molecule has 0 aliphatic rings. The number of hydrogen-bond donors (Lipinski definition) is 0. The Bertz CT molecular complexity index is 604. The quantitative estimate of drug-likeness (QED) is 0.608. The Balaban J connectivity index is 1.70. The van der Waals surface area contributed by atoms with E-state index in [1.165, 1.54) is 11.1 Å². The molecule has 5 heteroatoms. The first-order valence-electron chi connectivity index (χ1n) is 7.87. The van der Waals surface area contributed by atoms with E-state index in [1.54, 1.807) is 0 Å². The van der Waals surface area contributed by atoms with Crippen molar-refractivity contribution in [3.8, 4) is 0 Å². The molecular formula is C18H20B2O3. The minimum absolute atomic E-state index is 0.222. The zero-order valence-electron chi connectivity index (χ0n) is 13.7. The summed E-state index contributed by atoms with van der Waals surface area (Å²) in [6.07, 6.45) is 1.18. The minimum Gasteiger partial charge on any atom is -0.411 e. The molecule has 0 atom stereocenters. The third-order valence-electron chi connectivity index (χ3n) is 3.70. The van der Waals surface area contributed by atoms with Crippen LogP contribution in [0.4, 0.5) is 9.59 Å². The summed E-state index contributed by atoms with van der Waals surface area (Å²) < 4.78 is 4.86. The van der Waals surface area contributed by atoms with Gasteiger partial charge in [0.05, 0.1) is 0 Å². The molecule has 0 heterocycles. The van der Waals surface area contributed by atoms with Crippen LogP contribution in [0.1, 0.15) is 22.3 Å². The summed E-state index contributed by atoms with van der Waals surface area (Å²) in [5.74, 6) is -0.918. The molecule has 0 spiro atoms. The van der Waals surface area contributed by atoms with Gasteiger partial charge >= 0.3 is 0 Å². The first-order chi connectivity index (χ1) is 11.0. The molecule has 0 bridgehead atoms. The van der Waals surface area contributed by atoms with Gasteiger partial charge in [0, 0.05) is 0 Å². The maximum Gasteiger partial charge on any atom is 0.265 e. The second-order valence-electron chi connectivity index (χ2n) is 5.82. The third kappa shape index (κ3) is 6.15. The minimum atomic E-state index is -0.459. The van der Waals surface area contributed by atoms with Crippen molar-refractivity contribution in [1.82, 2.24) is 0 Å². The lowest BCUT2D eigenvalue weighted by Crippen LogP contribution is -2.22. The molecule has 0 amide bonds. The Hall–Kier alpha value is -2.29. The van der Waals surface area contributed by atoms with Crippen molar-refractivity contribution in [1.29, 1.82) is 0 Å². The van der Waals surface area contributed by atoms with Gasteiger partial charge < -0.3 is 4.74 Å². The SMILES string of the molecule is Cc1ccc(CBC(=O)OC(=O)BCc2ccc(C)cc2)cc1. The van der Waals surface area contributed by atoms with E-state index in [2.05, 4.69) is 0 Å². The molecule has 2 rings (SSSR count). The van der Waals surface area contributed by atoms with Crippen molar-refractivity contribution in [2.24, 2.45) is 0 Å². The van der Waals surface area contributed by atoms with Crippen LogP contribution in [-0.2, 0) is 17.4 Å². The highest BCUT2D eigenvalue weighted by molar-refractivity contribution is 6.77. The van der Waals surface area contributed by atoms with E-state index in [4.69, 9.17) is 4.74 Å². The summed E-state index contributed by atoms with van der Waals surface area (Å²) in [5.41, 5.74) is 4.50. The van der Waals surface area contributed by atoms with Crippen molar-refractivity contribution in [2.45, 2.75) is 26.5 Å². The number of ether oxygens (including phenoxy) is 1. The summed E-state index contributed by atoms with van der Waals surface area (Å²) in [6, 6.07) is 16.0. The molecule has 0 unspecified atom stereocenters. The summed E-state index contributed by atoms with van der Waals surface area (Å²) in [4.78, 5) is 23.4. The number of carbonyl (C=O) groups excluding carboxylic acids is 2. The topological polar surface area (TPSA) is 43.4 Å². The predicted octanol–water partition coefficient (Wildman–Crippen LogP) is 3.13. The van der Waals surface area contributed by atoms with Crippen LogP contribution in [0.25, 0.3) is 0 Å². The molecule has 0 N–H and O–H groups in total. The molecule has 2 aromatic rings. The molecule has 0 aromatic heterocycles. The molecule has 0 saturated heterocycles. The number of hydrogen-bond acceptors (Lipinski definition) is 3. The van der Waals surface area contributed by atoms with Gasteiger partial charge in [-0.1, -0.05) is 70.8 Å². The molecule has 0 aliphatic heterocycles. The highest BCUT2D eigenvalue weighted by Crippen LogP contribution is 2.05. The summed E-state index contributed by atoms with van der Waals surface area (Å²) >= 11 is 0. The second kappa shape index (κ2) is 8.37. The van der Waals surface area contributed by atoms with E-state index in [0.29, 0.717) is 12.6 Å². The first-order valence-corrected chi connectivity index (χ1v) is 7.87. The molecule has 23 heavy (non-hydrogen) atoms. The van der Waals surface area contributed by atoms with Gasteiger partial charge in [-0.3, -0.25) is 9.59 Å². The Morgan fingerprint density at radius 3 is 1.43 bits per heavy atom. The zero-order chi connectivity index (χ0) is 16.7. The first kappa shape index (κ1) is 17.1. The smallest absolute Gasteiger partial charge is 0.265 e. The van der Waals surface area contributed by atoms with Gasteiger partial charge in [0.1, 0.15) is 0 Å². The standard InChI is InChI=1S/C18H20B2O3/c1-13-3-7-15(8-4-13)11-19-17(21)23-18(22)20-12-16-9-5-14(2)6-10-16/h3-10,19-20H,11-12H2,1-2H3. The summed E-state index contributed by atoms with van der Waals surface area (Å²) in [6.45, 7) is 4.04. The second-order valence-corrected chi connectivity index (χ2v) is 5.82. The van der Waals surface area contributed by atoms with Gasteiger partial charge in [-0.2, -0.15) is 0 Å². The van der Waals surface area contributed by atoms with Crippen LogP contribution in [0.5, 0.6) is 0 Å². The number of carbonyl (C=O) groups is 2. The van der Waals surface area contributed by atoms with Gasteiger partial charge in [-0.25, -0.2) is 0 Å². The molecule has 0 aliphatic carbocycles. The van der Waals surface area contributed by atoms with Crippen LogP contribution in [-0.4, -0.2) is 26.3 Å². The van der Waals surface area contributed by atoms with Crippen LogP contribution < -0.4 is 0 Å². The molecule has 3 nitrogen and oxygen atoms in total. The van der Waals surface area contributed by atoms with Gasteiger partial charge in [0.25, 0.3) is 26.3 Å². The summed E-state index contributed by atoms with van der Waals surface area (Å²) in [5, 5.41) is 0. The van der Waals surface area contributed by atoms with E-state index in [0.717, 1.165) is 11.1 Å². The van der Waals surface area contributed by atoms with Crippen molar-refractivity contribution in [3.63, 3.8) is 0 Å². The van der Waals surface area contributed by atoms with Crippen LogP contribution in [0.3, 0.4) is 0 Å². The zero-order valence-corrected chi connectivity index (χ0v) is 13.7. The fourth-order valence-corrected chi connectivity index (χ4v) is 2.23. The fourth-order valence-electron chi connectivity index (χ4n) is 2.23. The van der Waals surface area contributed by atoms with Crippen molar-refractivity contribution in [3.05, 3.63) is 70.8 Å². The fraction of sp³-hybridized carbons (Fsp3) is 0.222. The Morgan fingerprint density at radius 2 is 1.09 bits per heavy atom. The normalized spacial score (nSPS) is 10.0. The van der Waals surface area contributed by atoms with E-state index in [1.807, 2.05) is 62.4 Å². The highest BCUT2D eigenvalue weighted by Gasteiger charge is 2.13. The summed E-state index contributed by atoms with van der Waals surface area (Å²) in [7, 11) is 0.443. The van der Waals surface area contributed by atoms with E-state index >= 15 is 0 Å². The van der Waals surface area contributed by atoms with Crippen LogP contribution in [0, 0.1) is 13.8 Å². The van der Waals surface area contributed by atoms with Crippen molar-refractivity contribution in [2.75, 3.05) is 0 Å². The number of benzene rings is 2. The van der Waals surface area contributed by atoms with E-state index < -0.39 is 11.7 Å². The molecule has 116 valence electrons. The largest absolute Gasteiger partial charge is 0.411 e.